The monoisotopic (exact) mass is 345 g/mol. The molecule has 134 valence electrons. The fourth-order valence-corrected chi connectivity index (χ4v) is 2.50. The summed E-state index contributed by atoms with van der Waals surface area (Å²) in [6.45, 7) is 4.63. The van der Waals surface area contributed by atoms with Gasteiger partial charge in [-0.2, -0.15) is 0 Å². The van der Waals surface area contributed by atoms with Crippen molar-refractivity contribution in [2.24, 2.45) is 5.73 Å². The minimum atomic E-state index is -0.488. The van der Waals surface area contributed by atoms with Gasteiger partial charge in [0.1, 0.15) is 6.54 Å². The number of aromatic nitrogens is 3. The zero-order valence-corrected chi connectivity index (χ0v) is 14.5. The van der Waals surface area contributed by atoms with Crippen LogP contribution in [-0.2, 0) is 27.4 Å². The molecule has 1 aromatic heterocycles. The number of benzene rings is 1. The van der Waals surface area contributed by atoms with Crippen LogP contribution in [0.2, 0.25) is 0 Å². The SMILES string of the molecule is CCOC(=O)CN(Cc1cn(CC(N)=O)nn1)C(C)c1ccccc1. The lowest BCUT2D eigenvalue weighted by atomic mass is 10.1. The van der Waals surface area contributed by atoms with Crippen LogP contribution in [0.3, 0.4) is 0 Å². The first kappa shape index (κ1) is 18.6. The molecule has 2 rings (SSSR count). The van der Waals surface area contributed by atoms with Gasteiger partial charge in [-0.15, -0.1) is 5.10 Å². The predicted molar refractivity (Wildman–Crippen MR) is 91.1 cm³/mol. The third-order valence-corrected chi connectivity index (χ3v) is 3.74. The number of hydrogen-bond acceptors (Lipinski definition) is 6. The molecular formula is C17H23N5O3. The van der Waals surface area contributed by atoms with E-state index in [0.29, 0.717) is 18.8 Å². The van der Waals surface area contributed by atoms with Crippen molar-refractivity contribution in [1.82, 2.24) is 19.9 Å². The second-order valence-corrected chi connectivity index (χ2v) is 5.67. The van der Waals surface area contributed by atoms with Crippen molar-refractivity contribution in [3.05, 3.63) is 47.8 Å². The Morgan fingerprint density at radius 3 is 2.68 bits per heavy atom. The number of nitrogens with zero attached hydrogens (tertiary/aromatic N) is 4. The van der Waals surface area contributed by atoms with E-state index in [1.165, 1.54) is 4.68 Å². The molecule has 0 fully saturated rings. The van der Waals surface area contributed by atoms with Crippen LogP contribution < -0.4 is 5.73 Å². The molecule has 25 heavy (non-hydrogen) atoms. The number of ether oxygens (including phenoxy) is 1. The first-order chi connectivity index (χ1) is 12.0. The van der Waals surface area contributed by atoms with Crippen LogP contribution in [0.15, 0.2) is 36.5 Å². The van der Waals surface area contributed by atoms with Crippen LogP contribution in [0.25, 0.3) is 0 Å². The van der Waals surface area contributed by atoms with Gasteiger partial charge < -0.3 is 10.5 Å². The van der Waals surface area contributed by atoms with Crippen LogP contribution in [0, 0.1) is 0 Å². The fourth-order valence-electron chi connectivity index (χ4n) is 2.50. The molecule has 2 N–H and O–H groups in total. The number of rotatable bonds is 9. The molecule has 8 nitrogen and oxygen atoms in total. The van der Waals surface area contributed by atoms with Crippen LogP contribution in [0.5, 0.6) is 0 Å². The van der Waals surface area contributed by atoms with Crippen LogP contribution in [0.4, 0.5) is 0 Å². The summed E-state index contributed by atoms with van der Waals surface area (Å²) in [5, 5.41) is 7.93. The zero-order valence-electron chi connectivity index (χ0n) is 14.5. The second kappa shape index (κ2) is 8.93. The van der Waals surface area contributed by atoms with Gasteiger partial charge in [0.2, 0.25) is 5.91 Å². The average molecular weight is 345 g/mol. The van der Waals surface area contributed by atoms with Gasteiger partial charge in [0.25, 0.3) is 0 Å². The van der Waals surface area contributed by atoms with Crippen molar-refractivity contribution in [3.8, 4) is 0 Å². The Morgan fingerprint density at radius 1 is 1.32 bits per heavy atom. The molecule has 1 atom stereocenters. The second-order valence-electron chi connectivity index (χ2n) is 5.67. The molecule has 0 aliphatic rings. The van der Waals surface area contributed by atoms with Crippen molar-refractivity contribution in [1.29, 1.82) is 0 Å². The molecule has 0 aliphatic carbocycles. The van der Waals surface area contributed by atoms with Crippen molar-refractivity contribution in [2.75, 3.05) is 13.2 Å². The third-order valence-electron chi connectivity index (χ3n) is 3.74. The molecule has 2 aromatic rings. The molecule has 1 unspecified atom stereocenters. The summed E-state index contributed by atoms with van der Waals surface area (Å²) < 4.78 is 6.45. The Kier molecular flexibility index (Phi) is 6.64. The van der Waals surface area contributed by atoms with E-state index < -0.39 is 5.91 Å². The minimum absolute atomic E-state index is 0.0214. The van der Waals surface area contributed by atoms with E-state index in [-0.39, 0.29) is 25.1 Å². The summed E-state index contributed by atoms with van der Waals surface area (Å²) >= 11 is 0. The number of amides is 1. The number of carbonyl (C=O) groups is 2. The van der Waals surface area contributed by atoms with E-state index in [0.717, 1.165) is 5.56 Å². The topological polar surface area (TPSA) is 103 Å². The summed E-state index contributed by atoms with van der Waals surface area (Å²) in [6, 6.07) is 9.85. The van der Waals surface area contributed by atoms with Gasteiger partial charge in [0, 0.05) is 12.6 Å². The molecule has 0 saturated heterocycles. The van der Waals surface area contributed by atoms with Gasteiger partial charge >= 0.3 is 5.97 Å². The van der Waals surface area contributed by atoms with Gasteiger partial charge in [0.15, 0.2) is 0 Å². The van der Waals surface area contributed by atoms with Crippen molar-refractivity contribution in [3.63, 3.8) is 0 Å². The Bertz CT molecular complexity index is 701. The maximum absolute atomic E-state index is 12.0. The van der Waals surface area contributed by atoms with Crippen LogP contribution in [-0.4, -0.2) is 44.9 Å². The zero-order chi connectivity index (χ0) is 18.2. The summed E-state index contributed by atoms with van der Waals surface area (Å²) in [5.74, 6) is -0.785. The van der Waals surface area contributed by atoms with E-state index in [9.17, 15) is 9.59 Å². The summed E-state index contributed by atoms with van der Waals surface area (Å²) in [5.41, 5.74) is 6.89. The first-order valence-corrected chi connectivity index (χ1v) is 8.11. The lowest BCUT2D eigenvalue weighted by Crippen LogP contribution is -2.33. The Hall–Kier alpha value is -2.74. The van der Waals surface area contributed by atoms with Crippen molar-refractivity contribution in [2.45, 2.75) is 33.0 Å². The molecule has 0 aliphatic heterocycles. The minimum Gasteiger partial charge on any atom is -0.465 e. The number of carbonyl (C=O) groups excluding carboxylic acids is 2. The fraction of sp³-hybridized carbons (Fsp3) is 0.412. The summed E-state index contributed by atoms with van der Waals surface area (Å²) in [6.07, 6.45) is 1.65. The highest BCUT2D eigenvalue weighted by molar-refractivity contribution is 5.73. The molecule has 0 bridgehead atoms. The molecule has 0 spiro atoms. The highest BCUT2D eigenvalue weighted by Gasteiger charge is 2.21. The standard InChI is InChI=1S/C17H23N5O3/c1-3-25-17(24)12-21(13(2)14-7-5-4-6-8-14)9-15-10-22(20-19-15)11-16(18)23/h4-8,10,13H,3,9,11-12H2,1-2H3,(H2,18,23). The molecular weight excluding hydrogens is 322 g/mol. The summed E-state index contributed by atoms with van der Waals surface area (Å²) in [7, 11) is 0. The van der Waals surface area contributed by atoms with E-state index >= 15 is 0 Å². The molecule has 1 aromatic carbocycles. The third kappa shape index (κ3) is 5.68. The molecule has 8 heteroatoms. The lowest BCUT2D eigenvalue weighted by molar-refractivity contribution is -0.145. The first-order valence-electron chi connectivity index (χ1n) is 8.11. The van der Waals surface area contributed by atoms with E-state index in [1.807, 2.05) is 42.2 Å². The highest BCUT2D eigenvalue weighted by atomic mass is 16.5. The Labute approximate surface area is 146 Å². The van der Waals surface area contributed by atoms with Crippen molar-refractivity contribution < 1.29 is 14.3 Å². The smallest absolute Gasteiger partial charge is 0.320 e. The number of primary amides is 1. The number of esters is 1. The number of hydrogen-bond donors (Lipinski definition) is 1. The highest BCUT2D eigenvalue weighted by Crippen LogP contribution is 2.21. The molecule has 0 saturated carbocycles. The maximum atomic E-state index is 12.0. The maximum Gasteiger partial charge on any atom is 0.320 e. The largest absolute Gasteiger partial charge is 0.465 e. The normalized spacial score (nSPS) is 12.1. The van der Waals surface area contributed by atoms with E-state index in [2.05, 4.69) is 10.3 Å². The molecule has 0 radical (unpaired) electrons. The lowest BCUT2D eigenvalue weighted by Gasteiger charge is -2.27. The van der Waals surface area contributed by atoms with Gasteiger partial charge in [-0.05, 0) is 19.4 Å². The van der Waals surface area contributed by atoms with Gasteiger partial charge in [-0.1, -0.05) is 35.5 Å². The Balaban J connectivity index is 2.14. The average Bonchev–Trinajstić information content (AvgIpc) is 3.01. The van der Waals surface area contributed by atoms with E-state index in [1.54, 1.807) is 13.1 Å². The quantitative estimate of drug-likeness (QED) is 0.677. The molecule has 1 heterocycles. The summed E-state index contributed by atoms with van der Waals surface area (Å²) in [4.78, 5) is 24.9. The van der Waals surface area contributed by atoms with Crippen LogP contribution >= 0.6 is 0 Å². The molecule has 1 amide bonds. The van der Waals surface area contributed by atoms with Gasteiger partial charge in [-0.25, -0.2) is 4.68 Å². The number of nitrogens with two attached hydrogens (primary N) is 1. The van der Waals surface area contributed by atoms with Gasteiger partial charge in [-0.3, -0.25) is 14.5 Å². The van der Waals surface area contributed by atoms with Gasteiger partial charge in [0.05, 0.1) is 25.0 Å². The predicted octanol–water partition coefficient (Wildman–Crippen LogP) is 0.890. The Morgan fingerprint density at radius 2 is 2.04 bits per heavy atom. The van der Waals surface area contributed by atoms with Crippen LogP contribution in [0.1, 0.15) is 31.1 Å². The van der Waals surface area contributed by atoms with Crippen molar-refractivity contribution >= 4 is 11.9 Å². The van der Waals surface area contributed by atoms with E-state index in [4.69, 9.17) is 10.5 Å².